The third-order valence-corrected chi connectivity index (χ3v) is 5.45. The second kappa shape index (κ2) is 6.70. The molecular weight excluding hydrogens is 322 g/mol. The summed E-state index contributed by atoms with van der Waals surface area (Å²) in [4.78, 5) is 8.22. The molecule has 6 nitrogen and oxygen atoms in total. The summed E-state index contributed by atoms with van der Waals surface area (Å²) in [6.45, 7) is 6.32. The molecule has 124 valence electrons. The minimum Gasteiger partial charge on any atom is -0.414 e. The molecular formula is C17H21N5OS+2. The second-order valence-corrected chi connectivity index (χ2v) is 6.99. The van der Waals surface area contributed by atoms with Crippen LogP contribution in [0, 0.1) is 0 Å². The first-order valence-corrected chi connectivity index (χ1v) is 9.13. The Labute approximate surface area is 144 Å². The van der Waals surface area contributed by atoms with Gasteiger partial charge in [-0.3, -0.25) is 4.90 Å². The molecule has 2 N–H and O–H groups in total. The van der Waals surface area contributed by atoms with E-state index in [4.69, 9.17) is 4.42 Å². The molecule has 0 unspecified atom stereocenters. The summed E-state index contributed by atoms with van der Waals surface area (Å²) in [6.07, 6.45) is 1.97. The highest BCUT2D eigenvalue weighted by Crippen LogP contribution is 2.24. The number of aromatic amines is 1. The summed E-state index contributed by atoms with van der Waals surface area (Å²) in [5.41, 5.74) is 0. The van der Waals surface area contributed by atoms with Gasteiger partial charge in [0, 0.05) is 6.07 Å². The van der Waals surface area contributed by atoms with E-state index in [1.807, 2.05) is 29.8 Å². The summed E-state index contributed by atoms with van der Waals surface area (Å²) >= 11 is 1.62. The van der Waals surface area contributed by atoms with Crippen LogP contribution in [0.25, 0.3) is 10.8 Å². The van der Waals surface area contributed by atoms with Gasteiger partial charge >= 0.3 is 0 Å². The van der Waals surface area contributed by atoms with Crippen molar-refractivity contribution in [1.82, 2.24) is 10.2 Å². The lowest BCUT2D eigenvalue weighted by molar-refractivity contribution is -0.931. The first kappa shape index (κ1) is 15.3. The lowest BCUT2D eigenvalue weighted by Gasteiger charge is -2.30. The van der Waals surface area contributed by atoms with E-state index in [1.165, 1.54) is 10.7 Å². The van der Waals surface area contributed by atoms with Crippen LogP contribution in [0.5, 0.6) is 0 Å². The highest BCUT2D eigenvalue weighted by molar-refractivity contribution is 7.13. The molecule has 0 saturated carbocycles. The Morgan fingerprint density at radius 1 is 1.21 bits per heavy atom. The maximum atomic E-state index is 5.90. The summed E-state index contributed by atoms with van der Waals surface area (Å²) in [5.74, 6) is 2.54. The van der Waals surface area contributed by atoms with Crippen LogP contribution in [0.4, 0.5) is 5.82 Å². The quantitative estimate of drug-likeness (QED) is 0.770. The minimum atomic E-state index is 0.216. The first-order valence-electron chi connectivity index (χ1n) is 8.25. The van der Waals surface area contributed by atoms with E-state index in [0.29, 0.717) is 5.89 Å². The molecule has 7 heteroatoms. The van der Waals surface area contributed by atoms with E-state index < -0.39 is 0 Å². The van der Waals surface area contributed by atoms with Gasteiger partial charge in [0.15, 0.2) is 6.04 Å². The van der Waals surface area contributed by atoms with Gasteiger partial charge in [0.05, 0.1) is 11.1 Å². The lowest BCUT2D eigenvalue weighted by atomic mass is 10.2. The molecule has 0 spiro atoms. The van der Waals surface area contributed by atoms with Crippen LogP contribution in [-0.2, 0) is 0 Å². The molecule has 0 amide bonds. The van der Waals surface area contributed by atoms with E-state index in [2.05, 4.69) is 39.1 Å². The molecule has 3 aromatic rings. The fourth-order valence-electron chi connectivity index (χ4n) is 3.13. The standard InChI is InChI=1S/C17H19N5OS/c1-13(16-19-20-17(23-16)14-5-4-12-24-14)21-8-10-22(11-9-21)15-6-2-3-7-18-15/h2-7,12-13H,8-11H2,1H3/p+2/t13-/m0/s1. The molecule has 0 aliphatic carbocycles. The zero-order valence-electron chi connectivity index (χ0n) is 13.6. The average Bonchev–Trinajstić information content (AvgIpc) is 3.33. The Hall–Kier alpha value is -2.25. The van der Waals surface area contributed by atoms with Crippen molar-refractivity contribution in [3.05, 3.63) is 47.8 Å². The monoisotopic (exact) mass is 343 g/mol. The number of piperazine rings is 1. The van der Waals surface area contributed by atoms with Crippen LogP contribution in [0.15, 0.2) is 46.3 Å². The van der Waals surface area contributed by atoms with Crippen LogP contribution in [-0.4, -0.2) is 36.4 Å². The number of nitrogens with zero attached hydrogens (tertiary/aromatic N) is 3. The zero-order valence-corrected chi connectivity index (χ0v) is 14.4. The predicted octanol–water partition coefficient (Wildman–Crippen LogP) is 1.08. The van der Waals surface area contributed by atoms with Crippen molar-refractivity contribution in [3.8, 4) is 10.8 Å². The van der Waals surface area contributed by atoms with Gasteiger partial charge in [0.2, 0.25) is 0 Å². The number of anilines is 1. The topological polar surface area (TPSA) is 60.7 Å². The van der Waals surface area contributed by atoms with Gasteiger partial charge < -0.3 is 9.32 Å². The van der Waals surface area contributed by atoms with Crippen LogP contribution in [0.2, 0.25) is 0 Å². The maximum Gasteiger partial charge on any atom is 0.274 e. The number of H-pyrrole nitrogens is 1. The molecule has 1 aliphatic rings. The van der Waals surface area contributed by atoms with Crippen LogP contribution >= 0.6 is 11.3 Å². The number of thiophene rings is 1. The number of quaternary nitrogens is 1. The van der Waals surface area contributed by atoms with Crippen molar-refractivity contribution in [3.63, 3.8) is 0 Å². The van der Waals surface area contributed by atoms with Gasteiger partial charge in [0.1, 0.15) is 26.2 Å². The Balaban J connectivity index is 1.40. The van der Waals surface area contributed by atoms with Gasteiger partial charge in [-0.05, 0) is 24.4 Å². The minimum absolute atomic E-state index is 0.216. The van der Waals surface area contributed by atoms with Crippen molar-refractivity contribution in [2.45, 2.75) is 13.0 Å². The smallest absolute Gasteiger partial charge is 0.274 e. The number of hydrogen-bond donors (Lipinski definition) is 1. The summed E-state index contributed by atoms with van der Waals surface area (Å²) < 4.78 is 5.90. The molecule has 0 aromatic carbocycles. The molecule has 1 atom stereocenters. The normalized spacial score (nSPS) is 17.1. The Morgan fingerprint density at radius 3 is 2.79 bits per heavy atom. The Kier molecular flexibility index (Phi) is 4.27. The lowest BCUT2D eigenvalue weighted by Crippen LogP contribution is -3.14. The maximum absolute atomic E-state index is 5.90. The van der Waals surface area contributed by atoms with Crippen molar-refractivity contribution < 1.29 is 14.3 Å². The van der Waals surface area contributed by atoms with Crippen molar-refractivity contribution in [2.75, 3.05) is 31.1 Å². The van der Waals surface area contributed by atoms with Gasteiger partial charge in [-0.15, -0.1) is 21.5 Å². The van der Waals surface area contributed by atoms with Crippen molar-refractivity contribution in [2.24, 2.45) is 0 Å². The van der Waals surface area contributed by atoms with Gasteiger partial charge in [0.25, 0.3) is 17.6 Å². The molecule has 4 heterocycles. The van der Waals surface area contributed by atoms with E-state index in [1.54, 1.807) is 11.3 Å². The van der Waals surface area contributed by atoms with E-state index in [9.17, 15) is 0 Å². The SMILES string of the molecule is C[C@@H](c1nnc(-c2cccs2)o1)[NH+]1CCN(c2cccc[nH+]2)CC1. The number of rotatable bonds is 4. The largest absolute Gasteiger partial charge is 0.414 e. The third-order valence-electron chi connectivity index (χ3n) is 4.59. The Morgan fingerprint density at radius 2 is 2.08 bits per heavy atom. The molecule has 0 bridgehead atoms. The third kappa shape index (κ3) is 3.05. The van der Waals surface area contributed by atoms with Crippen LogP contribution < -0.4 is 14.8 Å². The van der Waals surface area contributed by atoms with Gasteiger partial charge in [-0.2, -0.15) is 0 Å². The molecule has 1 fully saturated rings. The molecule has 1 saturated heterocycles. The summed E-state index contributed by atoms with van der Waals surface area (Å²) in [5, 5.41) is 10.5. The summed E-state index contributed by atoms with van der Waals surface area (Å²) in [7, 11) is 0. The van der Waals surface area contributed by atoms with Gasteiger partial charge in [-0.1, -0.05) is 12.1 Å². The van der Waals surface area contributed by atoms with E-state index >= 15 is 0 Å². The number of pyridine rings is 1. The first-order chi connectivity index (χ1) is 11.8. The highest BCUT2D eigenvalue weighted by Gasteiger charge is 2.32. The predicted molar refractivity (Wildman–Crippen MR) is 91.9 cm³/mol. The van der Waals surface area contributed by atoms with Crippen molar-refractivity contribution >= 4 is 17.2 Å². The number of hydrogen-bond acceptors (Lipinski definition) is 5. The molecule has 0 radical (unpaired) electrons. The fourth-order valence-corrected chi connectivity index (χ4v) is 3.78. The van der Waals surface area contributed by atoms with Crippen LogP contribution in [0.3, 0.4) is 0 Å². The fraction of sp³-hybridized carbons (Fsp3) is 0.353. The Bertz CT molecular complexity index is 765. The zero-order chi connectivity index (χ0) is 16.4. The summed E-state index contributed by atoms with van der Waals surface area (Å²) in [6, 6.07) is 10.4. The van der Waals surface area contributed by atoms with E-state index in [0.717, 1.165) is 36.9 Å². The van der Waals surface area contributed by atoms with E-state index in [-0.39, 0.29) is 6.04 Å². The molecule has 1 aliphatic heterocycles. The number of nitrogens with one attached hydrogen (secondary N) is 2. The number of aromatic nitrogens is 3. The second-order valence-electron chi connectivity index (χ2n) is 6.04. The highest BCUT2D eigenvalue weighted by atomic mass is 32.1. The molecule has 4 rings (SSSR count). The molecule has 3 aromatic heterocycles. The molecule has 24 heavy (non-hydrogen) atoms. The van der Waals surface area contributed by atoms with Gasteiger partial charge in [-0.25, -0.2) is 4.98 Å². The van der Waals surface area contributed by atoms with Crippen molar-refractivity contribution in [1.29, 1.82) is 0 Å². The van der Waals surface area contributed by atoms with Crippen LogP contribution in [0.1, 0.15) is 18.9 Å². The average molecular weight is 343 g/mol.